The van der Waals surface area contributed by atoms with Crippen LogP contribution in [-0.2, 0) is 29.5 Å². The Morgan fingerprint density at radius 2 is 1.78 bits per heavy atom. The maximum absolute atomic E-state index is 12.3. The molecule has 0 atom stereocenters. The lowest BCUT2D eigenvalue weighted by Gasteiger charge is -2.36. The van der Waals surface area contributed by atoms with E-state index in [-0.39, 0.29) is 0 Å². The number of nitrogen functional groups attached to an aromatic ring is 1. The molecule has 2 N–H and O–H groups in total. The zero-order valence-electron chi connectivity index (χ0n) is 20.9. The summed E-state index contributed by atoms with van der Waals surface area (Å²) in [5, 5.41) is 6.21. The SMILES string of the molecule is CS(=O)(=O)N1CCc2c(c(-c3ccc(Cl)c(N)c3)nn2CCCN2CCN(c3cccc(Cl)c3)CC2)C1. The molecule has 37 heavy (non-hydrogen) atoms. The maximum Gasteiger partial charge on any atom is 0.211 e. The van der Waals surface area contributed by atoms with E-state index in [9.17, 15) is 8.42 Å². The molecule has 5 rings (SSSR count). The van der Waals surface area contributed by atoms with Crippen molar-refractivity contribution in [1.29, 1.82) is 0 Å². The molecule has 0 radical (unpaired) electrons. The summed E-state index contributed by atoms with van der Waals surface area (Å²) >= 11 is 12.3. The number of sulfonamides is 1. The van der Waals surface area contributed by atoms with E-state index in [1.54, 1.807) is 6.07 Å². The largest absolute Gasteiger partial charge is 0.398 e. The van der Waals surface area contributed by atoms with Gasteiger partial charge in [0.25, 0.3) is 0 Å². The maximum atomic E-state index is 12.3. The van der Waals surface area contributed by atoms with E-state index in [1.807, 2.05) is 30.3 Å². The van der Waals surface area contributed by atoms with Crippen LogP contribution >= 0.6 is 23.2 Å². The fourth-order valence-corrected chi connectivity index (χ4v) is 6.29. The molecule has 1 fully saturated rings. The molecule has 1 saturated heterocycles. The van der Waals surface area contributed by atoms with Gasteiger partial charge in [-0.3, -0.25) is 9.58 Å². The van der Waals surface area contributed by atoms with Crippen molar-refractivity contribution in [3.05, 3.63) is 63.8 Å². The van der Waals surface area contributed by atoms with E-state index in [2.05, 4.69) is 20.5 Å². The number of rotatable bonds is 7. The minimum atomic E-state index is -3.30. The number of nitrogens with two attached hydrogens (primary N) is 1. The topological polar surface area (TPSA) is 87.7 Å². The van der Waals surface area contributed by atoms with Gasteiger partial charge in [-0.05, 0) is 36.8 Å². The van der Waals surface area contributed by atoms with Crippen molar-refractivity contribution in [2.24, 2.45) is 0 Å². The van der Waals surface area contributed by atoms with Crippen molar-refractivity contribution in [2.45, 2.75) is 25.9 Å². The minimum absolute atomic E-state index is 0.317. The van der Waals surface area contributed by atoms with Crippen LogP contribution < -0.4 is 10.6 Å². The molecule has 0 spiro atoms. The highest BCUT2D eigenvalue weighted by atomic mass is 35.5. The average Bonchev–Trinajstić information content (AvgIpc) is 3.23. The van der Waals surface area contributed by atoms with Gasteiger partial charge >= 0.3 is 0 Å². The van der Waals surface area contributed by atoms with Crippen molar-refractivity contribution in [1.82, 2.24) is 19.0 Å². The highest BCUT2D eigenvalue weighted by Gasteiger charge is 2.30. The van der Waals surface area contributed by atoms with Crippen molar-refractivity contribution in [3.8, 4) is 11.3 Å². The second-order valence-electron chi connectivity index (χ2n) is 9.74. The molecule has 0 saturated carbocycles. The summed E-state index contributed by atoms with van der Waals surface area (Å²) in [4.78, 5) is 4.87. The minimum Gasteiger partial charge on any atom is -0.398 e. The van der Waals surface area contributed by atoms with E-state index < -0.39 is 10.0 Å². The van der Waals surface area contributed by atoms with Gasteiger partial charge in [0, 0.05) is 86.3 Å². The number of nitrogens with zero attached hydrogens (tertiary/aromatic N) is 5. The lowest BCUT2D eigenvalue weighted by molar-refractivity contribution is 0.248. The van der Waals surface area contributed by atoms with Crippen LogP contribution in [0.15, 0.2) is 42.5 Å². The lowest BCUT2D eigenvalue weighted by atomic mass is 10.0. The van der Waals surface area contributed by atoms with E-state index >= 15 is 0 Å². The smallest absolute Gasteiger partial charge is 0.211 e. The third kappa shape index (κ3) is 5.91. The number of piperazine rings is 1. The summed E-state index contributed by atoms with van der Waals surface area (Å²) in [7, 11) is -3.30. The van der Waals surface area contributed by atoms with Gasteiger partial charge in [0.05, 0.1) is 22.7 Å². The molecule has 0 amide bonds. The Morgan fingerprint density at radius 3 is 2.49 bits per heavy atom. The van der Waals surface area contributed by atoms with Gasteiger partial charge in [-0.1, -0.05) is 35.3 Å². The first-order valence-electron chi connectivity index (χ1n) is 12.5. The zero-order valence-corrected chi connectivity index (χ0v) is 23.2. The number of anilines is 2. The van der Waals surface area contributed by atoms with Gasteiger partial charge in [0.15, 0.2) is 0 Å². The Hall–Kier alpha value is -2.30. The molecule has 3 heterocycles. The van der Waals surface area contributed by atoms with Crippen LogP contribution in [0.3, 0.4) is 0 Å². The molecule has 0 aliphatic carbocycles. The van der Waals surface area contributed by atoms with Crippen LogP contribution in [0.1, 0.15) is 17.7 Å². The molecular formula is C26H32Cl2N6O2S. The number of aromatic nitrogens is 2. The number of hydrogen-bond donors (Lipinski definition) is 1. The molecule has 3 aromatic rings. The number of benzene rings is 2. The van der Waals surface area contributed by atoms with Crippen molar-refractivity contribution in [3.63, 3.8) is 0 Å². The van der Waals surface area contributed by atoms with Gasteiger partial charge in [0.1, 0.15) is 0 Å². The highest BCUT2D eigenvalue weighted by Crippen LogP contribution is 2.33. The predicted molar refractivity (Wildman–Crippen MR) is 151 cm³/mol. The quantitative estimate of drug-likeness (QED) is 0.438. The highest BCUT2D eigenvalue weighted by molar-refractivity contribution is 7.88. The molecule has 0 bridgehead atoms. The Kier molecular flexibility index (Phi) is 7.70. The molecule has 198 valence electrons. The molecule has 2 aliphatic heterocycles. The van der Waals surface area contributed by atoms with Crippen LogP contribution in [0.2, 0.25) is 10.0 Å². The summed E-state index contributed by atoms with van der Waals surface area (Å²) in [5.74, 6) is 0. The standard InChI is InChI=1S/C26H32Cl2N6O2S/c1-37(35,36)33-11-8-25-22(18-33)26(19-6-7-23(28)24(29)16-19)30-34(25)10-3-9-31-12-14-32(15-13-31)21-5-2-4-20(27)17-21/h2,4-7,16-17H,3,8-15,18,29H2,1H3. The van der Waals surface area contributed by atoms with E-state index in [4.69, 9.17) is 34.0 Å². The summed E-state index contributed by atoms with van der Waals surface area (Å²) in [5.41, 5.74) is 11.4. The fraction of sp³-hybridized carbons (Fsp3) is 0.423. The molecule has 1 aromatic heterocycles. The molecule has 2 aliphatic rings. The van der Waals surface area contributed by atoms with Gasteiger partial charge in [-0.2, -0.15) is 9.40 Å². The van der Waals surface area contributed by atoms with Gasteiger partial charge in [-0.25, -0.2) is 8.42 Å². The molecule has 11 heteroatoms. The zero-order chi connectivity index (χ0) is 26.2. The van der Waals surface area contributed by atoms with E-state index in [0.29, 0.717) is 30.2 Å². The van der Waals surface area contributed by atoms with Crippen LogP contribution in [-0.4, -0.2) is 72.9 Å². The van der Waals surface area contributed by atoms with Crippen LogP contribution in [0.25, 0.3) is 11.3 Å². The lowest BCUT2D eigenvalue weighted by Crippen LogP contribution is -2.46. The molecule has 8 nitrogen and oxygen atoms in total. The average molecular weight is 564 g/mol. The summed E-state index contributed by atoms with van der Waals surface area (Å²) in [6, 6.07) is 13.5. The second kappa shape index (κ2) is 10.8. The fourth-order valence-electron chi connectivity index (χ4n) is 5.20. The van der Waals surface area contributed by atoms with Crippen LogP contribution in [0.4, 0.5) is 11.4 Å². The van der Waals surface area contributed by atoms with Gasteiger partial charge in [-0.15, -0.1) is 0 Å². The molecular weight excluding hydrogens is 531 g/mol. The Bertz CT molecular complexity index is 1390. The van der Waals surface area contributed by atoms with Gasteiger partial charge < -0.3 is 10.6 Å². The monoisotopic (exact) mass is 562 g/mol. The summed E-state index contributed by atoms with van der Waals surface area (Å²) in [6.45, 7) is 6.49. The number of fused-ring (bicyclic) bond motifs is 1. The van der Waals surface area contributed by atoms with Gasteiger partial charge in [0.2, 0.25) is 10.0 Å². The van der Waals surface area contributed by atoms with Crippen molar-refractivity contribution >= 4 is 44.6 Å². The first-order chi connectivity index (χ1) is 17.7. The Balaban J connectivity index is 1.27. The van der Waals surface area contributed by atoms with E-state index in [1.165, 1.54) is 16.2 Å². The third-order valence-corrected chi connectivity index (χ3v) is 9.06. The molecule has 0 unspecified atom stereocenters. The first kappa shape index (κ1) is 26.3. The number of halogens is 2. The van der Waals surface area contributed by atoms with Crippen molar-refractivity contribution in [2.75, 3.05) is 56.2 Å². The first-order valence-corrected chi connectivity index (χ1v) is 15.1. The molecule has 2 aromatic carbocycles. The van der Waals surface area contributed by atoms with Crippen molar-refractivity contribution < 1.29 is 8.42 Å². The normalized spacial score (nSPS) is 17.2. The van der Waals surface area contributed by atoms with Crippen LogP contribution in [0.5, 0.6) is 0 Å². The third-order valence-electron chi connectivity index (χ3n) is 7.23. The predicted octanol–water partition coefficient (Wildman–Crippen LogP) is 3.97. The Morgan fingerprint density at radius 1 is 1.00 bits per heavy atom. The van der Waals surface area contributed by atoms with E-state index in [0.717, 1.165) is 73.2 Å². The summed E-state index contributed by atoms with van der Waals surface area (Å²) in [6.07, 6.45) is 2.86. The number of aryl methyl sites for hydroxylation is 1. The van der Waals surface area contributed by atoms with Crippen LogP contribution in [0, 0.1) is 0 Å². The number of hydrogen-bond acceptors (Lipinski definition) is 6. The second-order valence-corrected chi connectivity index (χ2v) is 12.6. The Labute approximate surface area is 228 Å². The summed E-state index contributed by atoms with van der Waals surface area (Å²) < 4.78 is 28.1.